The molecule has 0 aliphatic carbocycles. The third-order valence-corrected chi connectivity index (χ3v) is 5.28. The largest absolute Gasteiger partial charge is 0.356 e. The van der Waals surface area contributed by atoms with E-state index in [-0.39, 0.29) is 5.91 Å². The highest BCUT2D eigenvalue weighted by molar-refractivity contribution is 7.88. The van der Waals surface area contributed by atoms with E-state index < -0.39 is 10.0 Å². The predicted octanol–water partition coefficient (Wildman–Crippen LogP) is 2.29. The second-order valence-electron chi connectivity index (χ2n) is 6.03. The fourth-order valence-corrected chi connectivity index (χ4v) is 2.85. The molecule has 0 unspecified atom stereocenters. The van der Waals surface area contributed by atoms with Crippen LogP contribution < -0.4 is 5.32 Å². The van der Waals surface area contributed by atoms with Gasteiger partial charge in [-0.05, 0) is 23.1 Å². The molecule has 6 heteroatoms. The van der Waals surface area contributed by atoms with Crippen molar-refractivity contribution in [1.82, 2.24) is 9.62 Å². The van der Waals surface area contributed by atoms with Crippen LogP contribution in [0.5, 0.6) is 0 Å². The summed E-state index contributed by atoms with van der Waals surface area (Å²) in [4.78, 5) is 12.0. The first-order valence-corrected chi connectivity index (χ1v) is 10.0. The summed E-state index contributed by atoms with van der Waals surface area (Å²) in [7, 11) is -1.63. The third kappa shape index (κ3) is 6.32. The van der Waals surface area contributed by atoms with Gasteiger partial charge in [-0.3, -0.25) is 4.79 Å². The van der Waals surface area contributed by atoms with Gasteiger partial charge in [0.05, 0.1) is 12.7 Å². The normalized spacial score (nSPS) is 11.5. The molecule has 5 nitrogen and oxygen atoms in total. The third-order valence-electron chi connectivity index (χ3n) is 3.96. The molecule has 1 N–H and O–H groups in total. The van der Waals surface area contributed by atoms with E-state index in [0.717, 1.165) is 16.7 Å². The van der Waals surface area contributed by atoms with Gasteiger partial charge < -0.3 is 5.32 Å². The molecule has 0 bridgehead atoms. The van der Waals surface area contributed by atoms with Gasteiger partial charge in [-0.2, -0.15) is 0 Å². The summed E-state index contributed by atoms with van der Waals surface area (Å²) in [5.74, 6) is -0.0607. The molecular formula is C19H24N2O3S. The number of rotatable bonds is 8. The summed E-state index contributed by atoms with van der Waals surface area (Å²) in [6, 6.07) is 18.0. The maximum atomic E-state index is 12.0. The standard InChI is InChI=1S/C19H24N2O3S/c1-21(25(2,23)24)14-6-13-20-19(22)15-16-9-11-18(12-10-16)17-7-4-3-5-8-17/h3-5,7-12H,6,13-15H2,1-2H3,(H,20,22). The summed E-state index contributed by atoms with van der Waals surface area (Å²) in [5.41, 5.74) is 3.22. The van der Waals surface area contributed by atoms with E-state index in [1.807, 2.05) is 42.5 Å². The van der Waals surface area contributed by atoms with Crippen LogP contribution in [0.1, 0.15) is 12.0 Å². The minimum atomic E-state index is -3.16. The minimum absolute atomic E-state index is 0.0607. The molecule has 0 aliphatic heterocycles. The molecule has 134 valence electrons. The molecule has 0 atom stereocenters. The minimum Gasteiger partial charge on any atom is -0.356 e. The summed E-state index contributed by atoms with van der Waals surface area (Å²) in [6.07, 6.45) is 2.07. The van der Waals surface area contributed by atoms with E-state index in [4.69, 9.17) is 0 Å². The monoisotopic (exact) mass is 360 g/mol. The van der Waals surface area contributed by atoms with Crippen LogP contribution >= 0.6 is 0 Å². The Morgan fingerprint density at radius 3 is 2.20 bits per heavy atom. The van der Waals surface area contributed by atoms with Gasteiger partial charge in [0.1, 0.15) is 0 Å². The highest BCUT2D eigenvalue weighted by atomic mass is 32.2. The number of nitrogens with zero attached hydrogens (tertiary/aromatic N) is 1. The topological polar surface area (TPSA) is 66.5 Å². The molecule has 0 fully saturated rings. The summed E-state index contributed by atoms with van der Waals surface area (Å²) >= 11 is 0. The van der Waals surface area contributed by atoms with Crippen LogP contribution in [0.2, 0.25) is 0 Å². The van der Waals surface area contributed by atoms with Gasteiger partial charge in [0.15, 0.2) is 0 Å². The lowest BCUT2D eigenvalue weighted by molar-refractivity contribution is -0.120. The van der Waals surface area contributed by atoms with Crippen LogP contribution in [0.25, 0.3) is 11.1 Å². The molecule has 25 heavy (non-hydrogen) atoms. The Labute approximate surface area is 149 Å². The van der Waals surface area contributed by atoms with E-state index in [1.165, 1.54) is 17.6 Å². The number of hydrogen-bond acceptors (Lipinski definition) is 3. The highest BCUT2D eigenvalue weighted by Crippen LogP contribution is 2.19. The zero-order chi connectivity index (χ0) is 18.3. The quantitative estimate of drug-likeness (QED) is 0.735. The lowest BCUT2D eigenvalue weighted by Crippen LogP contribution is -2.31. The van der Waals surface area contributed by atoms with Gasteiger partial charge in [0, 0.05) is 20.1 Å². The van der Waals surface area contributed by atoms with Gasteiger partial charge in [-0.1, -0.05) is 54.6 Å². The summed E-state index contributed by atoms with van der Waals surface area (Å²) in [5, 5.41) is 2.82. The zero-order valence-electron chi connectivity index (χ0n) is 14.6. The lowest BCUT2D eigenvalue weighted by Gasteiger charge is -2.13. The van der Waals surface area contributed by atoms with Crippen molar-refractivity contribution in [3.8, 4) is 11.1 Å². The number of sulfonamides is 1. The molecule has 2 aromatic carbocycles. The van der Waals surface area contributed by atoms with Crippen molar-refractivity contribution in [2.75, 3.05) is 26.4 Å². The number of nitrogens with one attached hydrogen (secondary N) is 1. The number of benzene rings is 2. The highest BCUT2D eigenvalue weighted by Gasteiger charge is 2.10. The van der Waals surface area contributed by atoms with E-state index >= 15 is 0 Å². The predicted molar refractivity (Wildman–Crippen MR) is 101 cm³/mol. The van der Waals surface area contributed by atoms with Gasteiger partial charge in [0.25, 0.3) is 0 Å². The van der Waals surface area contributed by atoms with Gasteiger partial charge in [-0.25, -0.2) is 12.7 Å². The number of amides is 1. The Bertz CT molecular complexity index is 787. The van der Waals surface area contributed by atoms with Gasteiger partial charge in [0.2, 0.25) is 15.9 Å². The Morgan fingerprint density at radius 2 is 1.60 bits per heavy atom. The van der Waals surface area contributed by atoms with Crippen molar-refractivity contribution in [2.24, 2.45) is 0 Å². The zero-order valence-corrected chi connectivity index (χ0v) is 15.4. The fraction of sp³-hybridized carbons (Fsp3) is 0.316. The molecule has 0 saturated carbocycles. The van der Waals surface area contributed by atoms with E-state index in [2.05, 4.69) is 17.4 Å². The Hall–Kier alpha value is -2.18. The smallest absolute Gasteiger partial charge is 0.224 e. The van der Waals surface area contributed by atoms with Crippen LogP contribution in [-0.2, 0) is 21.2 Å². The number of carbonyl (C=O) groups is 1. The maximum absolute atomic E-state index is 12.0. The Morgan fingerprint density at radius 1 is 1.00 bits per heavy atom. The number of carbonyl (C=O) groups excluding carboxylic acids is 1. The van der Waals surface area contributed by atoms with Crippen LogP contribution in [-0.4, -0.2) is 45.0 Å². The fourth-order valence-electron chi connectivity index (χ4n) is 2.39. The second kappa shape index (κ2) is 8.78. The molecule has 0 heterocycles. The van der Waals surface area contributed by atoms with Crippen molar-refractivity contribution in [1.29, 1.82) is 0 Å². The summed E-state index contributed by atoms with van der Waals surface area (Å²) in [6.45, 7) is 0.853. The molecule has 2 aromatic rings. The van der Waals surface area contributed by atoms with Crippen molar-refractivity contribution >= 4 is 15.9 Å². The average Bonchev–Trinajstić information content (AvgIpc) is 2.59. The first-order chi connectivity index (χ1) is 11.9. The molecule has 0 saturated heterocycles. The van der Waals surface area contributed by atoms with Gasteiger partial charge in [-0.15, -0.1) is 0 Å². The van der Waals surface area contributed by atoms with Crippen LogP contribution in [0.3, 0.4) is 0 Å². The van der Waals surface area contributed by atoms with Crippen molar-refractivity contribution < 1.29 is 13.2 Å². The molecule has 0 radical (unpaired) electrons. The van der Waals surface area contributed by atoms with E-state index in [9.17, 15) is 13.2 Å². The maximum Gasteiger partial charge on any atom is 0.224 e. The first-order valence-electron chi connectivity index (χ1n) is 8.18. The van der Waals surface area contributed by atoms with E-state index in [1.54, 1.807) is 0 Å². The molecular weight excluding hydrogens is 336 g/mol. The Balaban J connectivity index is 1.77. The molecule has 0 aliphatic rings. The van der Waals surface area contributed by atoms with Crippen molar-refractivity contribution in [3.05, 3.63) is 60.2 Å². The van der Waals surface area contributed by atoms with Crippen LogP contribution in [0.15, 0.2) is 54.6 Å². The van der Waals surface area contributed by atoms with Crippen molar-refractivity contribution in [3.63, 3.8) is 0 Å². The first kappa shape index (κ1) is 19.1. The van der Waals surface area contributed by atoms with Crippen LogP contribution in [0.4, 0.5) is 0 Å². The SMILES string of the molecule is CN(CCCNC(=O)Cc1ccc(-c2ccccc2)cc1)S(C)(=O)=O. The molecule has 1 amide bonds. The average molecular weight is 360 g/mol. The van der Waals surface area contributed by atoms with Crippen molar-refractivity contribution in [2.45, 2.75) is 12.8 Å². The van der Waals surface area contributed by atoms with Crippen LogP contribution in [0, 0.1) is 0 Å². The Kier molecular flexibility index (Phi) is 6.73. The molecule has 0 spiro atoms. The summed E-state index contributed by atoms with van der Waals surface area (Å²) < 4.78 is 23.8. The molecule has 0 aromatic heterocycles. The molecule has 2 rings (SSSR count). The number of hydrogen-bond donors (Lipinski definition) is 1. The van der Waals surface area contributed by atoms with E-state index in [0.29, 0.717) is 25.9 Å². The second-order valence-corrected chi connectivity index (χ2v) is 8.12. The lowest BCUT2D eigenvalue weighted by atomic mass is 10.0. The van der Waals surface area contributed by atoms with Gasteiger partial charge >= 0.3 is 0 Å².